The lowest BCUT2D eigenvalue weighted by molar-refractivity contribution is -0.134. The highest BCUT2D eigenvalue weighted by Gasteiger charge is 2.62. The topological polar surface area (TPSA) is 114 Å². The van der Waals surface area contributed by atoms with Crippen LogP contribution in [0.5, 0.6) is 5.75 Å². The number of fused-ring (bicyclic) bond motifs is 1. The van der Waals surface area contributed by atoms with Gasteiger partial charge in [-0.15, -0.1) is 4.40 Å². The van der Waals surface area contributed by atoms with Crippen LogP contribution in [0.1, 0.15) is 38.2 Å². The van der Waals surface area contributed by atoms with Crippen molar-refractivity contribution in [3.63, 3.8) is 0 Å². The minimum absolute atomic E-state index is 0.0646. The van der Waals surface area contributed by atoms with E-state index in [1.54, 1.807) is 25.1 Å². The van der Waals surface area contributed by atoms with E-state index in [-0.39, 0.29) is 23.4 Å². The molecule has 1 aromatic carbocycles. The summed E-state index contributed by atoms with van der Waals surface area (Å²) in [6, 6.07) is 5.06. The van der Waals surface area contributed by atoms with Crippen LogP contribution in [0.4, 0.5) is 5.69 Å². The summed E-state index contributed by atoms with van der Waals surface area (Å²) >= 11 is 0. The molecule has 0 radical (unpaired) electrons. The Hall–Kier alpha value is -2.29. The van der Waals surface area contributed by atoms with Crippen molar-refractivity contribution in [2.24, 2.45) is 10.1 Å². The average Bonchev–Trinajstić information content (AvgIpc) is 3.17. The first kappa shape index (κ1) is 16.2. The monoisotopic (exact) mass is 364 g/mol. The molecule has 134 valence electrons. The highest BCUT2D eigenvalue weighted by molar-refractivity contribution is 7.91. The number of nitrogens with one attached hydrogen (secondary N) is 1. The minimum Gasteiger partial charge on any atom is -0.487 e. The fraction of sp³-hybridized carbons (Fsp3) is 0.500. The Kier molecular flexibility index (Phi) is 3.47. The van der Waals surface area contributed by atoms with Gasteiger partial charge < -0.3 is 15.4 Å². The van der Waals surface area contributed by atoms with E-state index in [1.165, 1.54) is 0 Å². The molecule has 0 unspecified atom stereocenters. The maximum atomic E-state index is 12.0. The first-order chi connectivity index (χ1) is 11.8. The van der Waals surface area contributed by atoms with Crippen LogP contribution in [0.15, 0.2) is 22.6 Å². The predicted molar refractivity (Wildman–Crippen MR) is 92.7 cm³/mol. The Morgan fingerprint density at radius 1 is 1.44 bits per heavy atom. The molecular weight excluding hydrogens is 344 g/mol. The van der Waals surface area contributed by atoms with Gasteiger partial charge in [-0.1, -0.05) is 6.07 Å². The fourth-order valence-corrected chi connectivity index (χ4v) is 4.80. The second-order valence-electron chi connectivity index (χ2n) is 6.77. The number of nitrogens with two attached hydrogens (primary N) is 1. The summed E-state index contributed by atoms with van der Waals surface area (Å²) in [6.07, 6.45) is 3.66. The quantitative estimate of drug-likeness (QED) is 0.812. The van der Waals surface area contributed by atoms with Crippen LogP contribution >= 0.6 is 0 Å². The van der Waals surface area contributed by atoms with Crippen molar-refractivity contribution in [2.75, 3.05) is 11.3 Å². The normalized spacial score (nSPS) is 29.4. The van der Waals surface area contributed by atoms with Crippen molar-refractivity contribution in [1.82, 2.24) is 4.90 Å². The summed E-state index contributed by atoms with van der Waals surface area (Å²) < 4.78 is 35.3. The predicted octanol–water partition coefficient (Wildman–Crippen LogP) is 0.984. The average molecular weight is 364 g/mol. The number of rotatable bonds is 2. The maximum Gasteiger partial charge on any atom is 0.344 e. The third-order valence-electron chi connectivity index (χ3n) is 5.15. The number of hydrogen-bond acceptors (Lipinski definition) is 5. The highest BCUT2D eigenvalue weighted by Crippen LogP contribution is 2.51. The highest BCUT2D eigenvalue weighted by atomic mass is 32.2. The maximum absolute atomic E-state index is 12.0. The molecule has 1 aliphatic carbocycles. The van der Waals surface area contributed by atoms with Crippen LogP contribution < -0.4 is 15.2 Å². The van der Waals surface area contributed by atoms with Crippen LogP contribution in [0, 0.1) is 0 Å². The SMILES string of the molecule is CC(=O)N1CCCC[C@]12C[C@H]2Oc1cccc2c1C(N)=NS(=O)(=O)N2. The third kappa shape index (κ3) is 2.62. The van der Waals surface area contributed by atoms with Gasteiger partial charge in [0.05, 0.1) is 16.8 Å². The number of piperidine rings is 1. The lowest BCUT2D eigenvalue weighted by Crippen LogP contribution is -2.47. The summed E-state index contributed by atoms with van der Waals surface area (Å²) in [5.41, 5.74) is 6.41. The van der Waals surface area contributed by atoms with Crippen molar-refractivity contribution in [3.05, 3.63) is 23.8 Å². The second-order valence-corrected chi connectivity index (χ2v) is 8.11. The second kappa shape index (κ2) is 5.35. The number of likely N-dealkylation sites (tertiary alicyclic amines) is 1. The molecule has 2 heterocycles. The molecule has 1 saturated heterocycles. The Morgan fingerprint density at radius 2 is 2.24 bits per heavy atom. The zero-order valence-electron chi connectivity index (χ0n) is 13.9. The number of nitrogens with zero attached hydrogens (tertiary/aromatic N) is 2. The fourth-order valence-electron chi connectivity index (χ4n) is 3.96. The van der Waals surface area contributed by atoms with E-state index in [0.717, 1.165) is 32.2 Å². The number of amidine groups is 1. The Morgan fingerprint density at radius 3 is 3.00 bits per heavy atom. The molecule has 2 fully saturated rings. The molecule has 3 N–H and O–H groups in total. The van der Waals surface area contributed by atoms with E-state index >= 15 is 0 Å². The first-order valence-electron chi connectivity index (χ1n) is 8.29. The molecule has 1 aromatic rings. The van der Waals surface area contributed by atoms with Gasteiger partial charge in [0, 0.05) is 19.9 Å². The molecule has 25 heavy (non-hydrogen) atoms. The number of hydrogen-bond donors (Lipinski definition) is 2. The Balaban J connectivity index is 1.63. The van der Waals surface area contributed by atoms with Gasteiger partial charge in [-0.25, -0.2) is 0 Å². The molecule has 9 heteroatoms. The molecule has 2 atom stereocenters. The van der Waals surface area contributed by atoms with Crippen LogP contribution in [-0.4, -0.2) is 43.2 Å². The molecule has 0 bridgehead atoms. The van der Waals surface area contributed by atoms with Gasteiger partial charge in [0.15, 0.2) is 5.84 Å². The number of carbonyl (C=O) groups is 1. The van der Waals surface area contributed by atoms with Gasteiger partial charge in [-0.3, -0.25) is 9.52 Å². The van der Waals surface area contributed by atoms with Crippen molar-refractivity contribution >= 4 is 27.6 Å². The number of anilines is 1. The van der Waals surface area contributed by atoms with Gasteiger partial charge in [0.1, 0.15) is 11.9 Å². The van der Waals surface area contributed by atoms with Gasteiger partial charge in [-0.2, -0.15) is 8.42 Å². The lowest BCUT2D eigenvalue weighted by Gasteiger charge is -2.36. The third-order valence-corrected chi connectivity index (χ3v) is 6.06. The van der Waals surface area contributed by atoms with E-state index in [1.807, 2.05) is 4.90 Å². The Labute approximate surface area is 146 Å². The Bertz CT molecular complexity index is 882. The molecule has 1 saturated carbocycles. The summed E-state index contributed by atoms with van der Waals surface area (Å²) in [5.74, 6) is 0.456. The van der Waals surface area contributed by atoms with Gasteiger partial charge in [0.2, 0.25) is 5.91 Å². The number of ether oxygens (including phenoxy) is 1. The van der Waals surface area contributed by atoms with Crippen LogP contribution in [0.25, 0.3) is 0 Å². The zero-order chi connectivity index (χ0) is 17.8. The first-order valence-corrected chi connectivity index (χ1v) is 9.73. The molecule has 4 rings (SSSR count). The summed E-state index contributed by atoms with van der Waals surface area (Å²) in [6.45, 7) is 2.34. The van der Waals surface area contributed by atoms with Gasteiger partial charge in [-0.05, 0) is 31.4 Å². The zero-order valence-corrected chi connectivity index (χ0v) is 14.7. The van der Waals surface area contributed by atoms with Gasteiger partial charge in [0.25, 0.3) is 0 Å². The van der Waals surface area contributed by atoms with Crippen molar-refractivity contribution < 1.29 is 17.9 Å². The number of amides is 1. The smallest absolute Gasteiger partial charge is 0.344 e. The molecule has 2 aliphatic heterocycles. The largest absolute Gasteiger partial charge is 0.487 e. The number of carbonyl (C=O) groups excluding carboxylic acids is 1. The van der Waals surface area contributed by atoms with Crippen molar-refractivity contribution in [3.8, 4) is 5.75 Å². The van der Waals surface area contributed by atoms with E-state index in [4.69, 9.17) is 10.5 Å². The van der Waals surface area contributed by atoms with E-state index in [0.29, 0.717) is 17.0 Å². The van der Waals surface area contributed by atoms with Gasteiger partial charge >= 0.3 is 10.2 Å². The summed E-state index contributed by atoms with van der Waals surface area (Å²) in [4.78, 5) is 13.9. The van der Waals surface area contributed by atoms with Crippen molar-refractivity contribution in [2.45, 2.75) is 44.2 Å². The summed E-state index contributed by atoms with van der Waals surface area (Å²) in [7, 11) is -3.82. The number of benzene rings is 1. The van der Waals surface area contributed by atoms with Crippen molar-refractivity contribution in [1.29, 1.82) is 0 Å². The van der Waals surface area contributed by atoms with E-state index in [9.17, 15) is 13.2 Å². The standard InChI is InChI=1S/C16H20N4O4S/c1-10(21)20-8-3-2-7-16(20)9-13(16)24-12-6-4-5-11-14(12)15(17)19-25(22,23)18-11/h4-6,13,18H,2-3,7-9H2,1H3,(H2,17,19)/t13-,16-/m1/s1. The molecule has 1 spiro atoms. The van der Waals surface area contributed by atoms with E-state index in [2.05, 4.69) is 9.12 Å². The van der Waals surface area contributed by atoms with E-state index < -0.39 is 10.2 Å². The van der Waals surface area contributed by atoms with Crippen LogP contribution in [-0.2, 0) is 15.0 Å². The molecule has 3 aliphatic rings. The lowest BCUT2D eigenvalue weighted by atomic mass is 9.99. The molecule has 1 amide bonds. The minimum atomic E-state index is -3.82. The molecular formula is C16H20N4O4S. The molecule has 8 nitrogen and oxygen atoms in total. The van der Waals surface area contributed by atoms with Crippen LogP contribution in [0.2, 0.25) is 0 Å². The van der Waals surface area contributed by atoms with Crippen LogP contribution in [0.3, 0.4) is 0 Å². The summed E-state index contributed by atoms with van der Waals surface area (Å²) in [5, 5.41) is 0. The molecule has 0 aromatic heterocycles.